The summed E-state index contributed by atoms with van der Waals surface area (Å²) in [6.45, 7) is 3.40. The molecule has 60 heavy (non-hydrogen) atoms. The van der Waals surface area contributed by atoms with E-state index in [1.807, 2.05) is 12.1 Å². The summed E-state index contributed by atoms with van der Waals surface area (Å²) in [4.78, 5) is 81.8. The lowest BCUT2D eigenvalue weighted by molar-refractivity contribution is -0.191. The summed E-state index contributed by atoms with van der Waals surface area (Å²) in [6, 6.07) is 7.83. The molecule has 0 radical (unpaired) electrons. The lowest BCUT2D eigenvalue weighted by Crippen LogP contribution is -2.51. The fourth-order valence-corrected chi connectivity index (χ4v) is 7.02. The van der Waals surface area contributed by atoms with Gasteiger partial charge >= 0.3 is 18.3 Å². The summed E-state index contributed by atoms with van der Waals surface area (Å²) in [7, 11) is 0. The average Bonchev–Trinajstić information content (AvgIpc) is 3.72. The van der Waals surface area contributed by atoms with E-state index in [-0.39, 0.29) is 67.3 Å². The van der Waals surface area contributed by atoms with Crippen molar-refractivity contribution in [1.82, 2.24) is 25.9 Å². The standard InChI is InChI=1S/C38H52F3N11O5.CO2/c1-2-27(35(56)57)48-33(54)28(7-4-17-46-37(43)44)47-32(53)9-3-6-24-15-20-51(21-16-24)30-22-31(50-36(49-30)38(39,40)41)52-19-5-8-29(52)34(55)45-18-14-25-10-12-26(23-42)13-11-25;2-1-3/h10-13,22,24,27-29H,2-9,14-21H2,1H3,(H,45,55)(H,47,53)(H,48,54)(H,56,57)(H4,43,44,46);/t27-,28-,29+;/m1./s1. The van der Waals surface area contributed by atoms with Gasteiger partial charge in [0.1, 0.15) is 29.8 Å². The van der Waals surface area contributed by atoms with Gasteiger partial charge in [-0.1, -0.05) is 19.1 Å². The molecule has 3 heterocycles. The summed E-state index contributed by atoms with van der Waals surface area (Å²) < 4.78 is 42.2. The molecule has 2 saturated heterocycles. The van der Waals surface area contributed by atoms with E-state index in [0.717, 1.165) is 5.56 Å². The Morgan fingerprint density at radius 2 is 1.67 bits per heavy atom. The van der Waals surface area contributed by atoms with Crippen molar-refractivity contribution in [2.24, 2.45) is 22.4 Å². The van der Waals surface area contributed by atoms with Crippen LogP contribution in [0.2, 0.25) is 0 Å². The number of nitrogens with one attached hydrogen (secondary N) is 3. The maximum absolute atomic E-state index is 14.1. The fraction of sp³-hybridized carbons (Fsp3) is 0.564. The Labute approximate surface area is 345 Å². The van der Waals surface area contributed by atoms with Crippen LogP contribution < -0.4 is 37.2 Å². The van der Waals surface area contributed by atoms with Gasteiger partial charge in [0.15, 0.2) is 5.96 Å². The zero-order chi connectivity index (χ0) is 44.2. The highest BCUT2D eigenvalue weighted by Crippen LogP contribution is 2.34. The molecule has 2 aliphatic heterocycles. The number of hydrogen-bond donors (Lipinski definition) is 6. The number of rotatable bonds is 19. The largest absolute Gasteiger partial charge is 0.480 e. The number of carbonyl (C=O) groups excluding carboxylic acids is 5. The number of guanidine groups is 1. The van der Waals surface area contributed by atoms with Gasteiger partial charge in [-0.2, -0.15) is 28.0 Å². The summed E-state index contributed by atoms with van der Waals surface area (Å²) >= 11 is 0. The number of nitrogens with zero attached hydrogens (tertiary/aromatic N) is 6. The summed E-state index contributed by atoms with van der Waals surface area (Å²) in [5.74, 6) is -3.47. The normalized spacial score (nSPS) is 16.2. The van der Waals surface area contributed by atoms with Crippen LogP contribution in [0.5, 0.6) is 0 Å². The van der Waals surface area contributed by atoms with E-state index in [9.17, 15) is 37.5 Å². The molecule has 2 aliphatic rings. The van der Waals surface area contributed by atoms with Crippen LogP contribution in [0.15, 0.2) is 35.3 Å². The summed E-state index contributed by atoms with van der Waals surface area (Å²) in [6.07, 6.45) is 0.381. The van der Waals surface area contributed by atoms with Crippen molar-refractivity contribution in [3.63, 3.8) is 0 Å². The Morgan fingerprint density at radius 3 is 2.27 bits per heavy atom. The number of alkyl halides is 3. The summed E-state index contributed by atoms with van der Waals surface area (Å²) in [5, 5.41) is 26.4. The van der Waals surface area contributed by atoms with Crippen LogP contribution in [0, 0.1) is 17.2 Å². The molecule has 0 aliphatic carbocycles. The number of carboxylic acids is 1. The lowest BCUT2D eigenvalue weighted by atomic mass is 9.91. The fourth-order valence-electron chi connectivity index (χ4n) is 7.02. The van der Waals surface area contributed by atoms with E-state index < -0.39 is 42.0 Å². The molecule has 3 amide bonds. The third kappa shape index (κ3) is 15.5. The van der Waals surface area contributed by atoms with Gasteiger partial charge in [-0.15, -0.1) is 0 Å². The zero-order valence-electron chi connectivity index (χ0n) is 33.4. The van der Waals surface area contributed by atoms with Crippen molar-refractivity contribution < 1.29 is 47.0 Å². The van der Waals surface area contributed by atoms with Crippen molar-refractivity contribution in [2.75, 3.05) is 42.5 Å². The van der Waals surface area contributed by atoms with E-state index in [2.05, 4.69) is 37.0 Å². The highest BCUT2D eigenvalue weighted by atomic mass is 19.4. The second-order valence-corrected chi connectivity index (χ2v) is 14.4. The van der Waals surface area contributed by atoms with E-state index in [4.69, 9.17) is 26.3 Å². The Morgan fingerprint density at radius 1 is 1.00 bits per heavy atom. The number of aromatic nitrogens is 2. The average molecular weight is 844 g/mol. The van der Waals surface area contributed by atoms with Gasteiger partial charge in [0, 0.05) is 45.2 Å². The first-order valence-electron chi connectivity index (χ1n) is 19.7. The molecule has 0 spiro atoms. The molecular formula is C39H52F3N11O7. The molecule has 3 atom stereocenters. The van der Waals surface area contributed by atoms with E-state index in [0.29, 0.717) is 83.1 Å². The van der Waals surface area contributed by atoms with Crippen LogP contribution in [0.1, 0.15) is 88.1 Å². The number of carboxylic acid groups (broad SMARTS) is 1. The first-order chi connectivity index (χ1) is 28.6. The number of halogens is 3. The van der Waals surface area contributed by atoms with Gasteiger partial charge in [-0.25, -0.2) is 14.8 Å². The van der Waals surface area contributed by atoms with Crippen molar-refractivity contribution in [3.8, 4) is 6.07 Å². The third-order valence-corrected chi connectivity index (χ3v) is 10.2. The van der Waals surface area contributed by atoms with Crippen LogP contribution in [0.4, 0.5) is 24.8 Å². The molecule has 0 unspecified atom stereocenters. The van der Waals surface area contributed by atoms with Gasteiger partial charge in [-0.05, 0) is 87.8 Å². The number of anilines is 2. The van der Waals surface area contributed by atoms with Crippen molar-refractivity contribution >= 4 is 47.4 Å². The van der Waals surface area contributed by atoms with Gasteiger partial charge in [-0.3, -0.25) is 19.4 Å². The predicted molar refractivity (Wildman–Crippen MR) is 211 cm³/mol. The molecule has 4 rings (SSSR count). The number of hydrogen-bond acceptors (Lipinski definition) is 12. The number of nitriles is 1. The van der Waals surface area contributed by atoms with E-state index >= 15 is 0 Å². The second-order valence-electron chi connectivity index (χ2n) is 14.4. The molecule has 18 nitrogen and oxygen atoms in total. The predicted octanol–water partition coefficient (Wildman–Crippen LogP) is 2.02. The monoisotopic (exact) mass is 843 g/mol. The molecule has 8 N–H and O–H groups in total. The number of carbonyl (C=O) groups is 4. The molecule has 1 aromatic carbocycles. The van der Waals surface area contributed by atoms with Gasteiger partial charge in [0.2, 0.25) is 23.5 Å². The second kappa shape index (κ2) is 24.0. The van der Waals surface area contributed by atoms with E-state index in [1.54, 1.807) is 28.9 Å². The number of aliphatic carboxylic acids is 1. The van der Waals surface area contributed by atoms with Gasteiger partial charge in [0.25, 0.3) is 0 Å². The minimum Gasteiger partial charge on any atom is -0.480 e. The van der Waals surface area contributed by atoms with Crippen molar-refractivity contribution in [1.29, 1.82) is 5.26 Å². The highest BCUT2D eigenvalue weighted by Gasteiger charge is 2.39. The van der Waals surface area contributed by atoms with Gasteiger partial charge < -0.3 is 42.3 Å². The van der Waals surface area contributed by atoms with Gasteiger partial charge in [0.05, 0.1) is 11.6 Å². The molecule has 0 saturated carbocycles. The maximum Gasteiger partial charge on any atom is 0.451 e. The number of benzene rings is 1. The molecule has 21 heteroatoms. The molecular weight excluding hydrogens is 791 g/mol. The topological polar surface area (TPSA) is 279 Å². The number of aliphatic imine (C=N–C) groups is 1. The molecule has 2 fully saturated rings. The Balaban J connectivity index is 0.00000311. The maximum atomic E-state index is 14.1. The molecule has 2 aromatic rings. The summed E-state index contributed by atoms with van der Waals surface area (Å²) in [5.41, 5.74) is 12.2. The lowest BCUT2D eigenvalue weighted by Gasteiger charge is -2.34. The van der Waals surface area contributed by atoms with Crippen LogP contribution in [0.3, 0.4) is 0 Å². The molecule has 326 valence electrons. The number of amides is 3. The number of nitrogens with two attached hydrogens (primary N) is 2. The Hall–Kier alpha value is -6.29. The molecule has 0 bridgehead atoms. The highest BCUT2D eigenvalue weighted by molar-refractivity contribution is 5.90. The van der Waals surface area contributed by atoms with Crippen LogP contribution >= 0.6 is 0 Å². The molecule has 1 aromatic heterocycles. The Kier molecular flexibility index (Phi) is 19.2. The van der Waals surface area contributed by atoms with E-state index in [1.165, 1.54) is 6.07 Å². The minimum absolute atomic E-state index is 0.0432. The van der Waals surface area contributed by atoms with Crippen LogP contribution in [-0.2, 0) is 41.4 Å². The van der Waals surface area contributed by atoms with Crippen molar-refractivity contribution in [3.05, 3.63) is 47.3 Å². The third-order valence-electron chi connectivity index (χ3n) is 10.2. The zero-order valence-corrected chi connectivity index (χ0v) is 33.4. The van der Waals surface area contributed by atoms with Crippen LogP contribution in [0.25, 0.3) is 0 Å². The van der Waals surface area contributed by atoms with Crippen LogP contribution in [-0.4, -0.2) is 102 Å². The minimum atomic E-state index is -4.80. The number of piperidine rings is 1. The first-order valence-corrected chi connectivity index (χ1v) is 19.7. The smallest absolute Gasteiger partial charge is 0.451 e. The first kappa shape index (κ1) is 48.1. The SMILES string of the molecule is CC[C@@H](NC(=O)[C@@H](CCCN=C(N)N)NC(=O)CCCC1CCN(c2cc(N3CCC[C@H]3C(=O)NCCc3ccc(C#N)cc3)nc(C(F)(F)F)n2)CC1)C(=O)O.O=C=O. The quantitative estimate of drug-likeness (QED) is 0.0671. The van der Waals surface area contributed by atoms with Crippen molar-refractivity contribution in [2.45, 2.75) is 102 Å². The Bertz CT molecular complexity index is 1860.